The highest BCUT2D eigenvalue weighted by Crippen LogP contribution is 2.65. The summed E-state index contributed by atoms with van der Waals surface area (Å²) in [4.78, 5) is 23.5. The quantitative estimate of drug-likeness (QED) is 0.534. The van der Waals surface area contributed by atoms with E-state index < -0.39 is 5.60 Å². The summed E-state index contributed by atoms with van der Waals surface area (Å²) in [5.41, 5.74) is 0.565. The standard InChI is InChI=1S/C22H28O3/c1-4-22(25-14(2)23)12-10-20-19-7-5-15-13-16(24)6-8-17(15)18(19)9-11-21(20,22)3/h1,13,17-20H,5-12H2,2-3H3/t17-,18?,19?,20?,21?,22-/m0/s1. The molecule has 0 N–H and O–H groups in total. The van der Waals surface area contributed by atoms with Crippen LogP contribution in [0.2, 0.25) is 0 Å². The molecule has 3 heteroatoms. The summed E-state index contributed by atoms with van der Waals surface area (Å²) in [7, 11) is 0. The molecule has 134 valence electrons. The fourth-order valence-electron chi connectivity index (χ4n) is 6.86. The Morgan fingerprint density at radius 2 is 2.00 bits per heavy atom. The number of esters is 1. The summed E-state index contributed by atoms with van der Waals surface area (Å²) in [5.74, 6) is 5.41. The molecule has 0 aliphatic heterocycles. The number of fused-ring (bicyclic) bond motifs is 5. The number of hydrogen-bond donors (Lipinski definition) is 0. The van der Waals surface area contributed by atoms with Crippen molar-refractivity contribution in [1.82, 2.24) is 0 Å². The van der Waals surface area contributed by atoms with E-state index in [0.29, 0.717) is 35.9 Å². The van der Waals surface area contributed by atoms with Crippen LogP contribution in [0, 0.1) is 41.4 Å². The molecule has 0 heterocycles. The van der Waals surface area contributed by atoms with Crippen molar-refractivity contribution in [1.29, 1.82) is 0 Å². The second kappa shape index (κ2) is 5.73. The molecule has 4 rings (SSSR count). The fourth-order valence-corrected chi connectivity index (χ4v) is 6.86. The van der Waals surface area contributed by atoms with Crippen LogP contribution in [0.25, 0.3) is 0 Å². The molecular formula is C22H28O3. The number of ether oxygens (including phenoxy) is 1. The minimum atomic E-state index is -0.729. The van der Waals surface area contributed by atoms with Gasteiger partial charge >= 0.3 is 5.97 Å². The zero-order valence-electron chi connectivity index (χ0n) is 15.3. The van der Waals surface area contributed by atoms with Gasteiger partial charge in [-0.1, -0.05) is 18.4 Å². The van der Waals surface area contributed by atoms with Gasteiger partial charge in [0.25, 0.3) is 0 Å². The molecule has 0 aromatic carbocycles. The summed E-state index contributed by atoms with van der Waals surface area (Å²) < 4.78 is 5.79. The second-order valence-corrected chi connectivity index (χ2v) is 8.86. The molecule has 25 heavy (non-hydrogen) atoms. The first-order chi connectivity index (χ1) is 11.9. The fraction of sp³-hybridized carbons (Fsp3) is 0.727. The Hall–Kier alpha value is -1.56. The molecule has 0 spiro atoms. The molecule has 0 saturated heterocycles. The highest BCUT2D eigenvalue weighted by molar-refractivity contribution is 5.91. The molecule has 0 amide bonds. The van der Waals surface area contributed by atoms with E-state index >= 15 is 0 Å². The predicted molar refractivity (Wildman–Crippen MR) is 95.4 cm³/mol. The van der Waals surface area contributed by atoms with Crippen LogP contribution in [0.15, 0.2) is 11.6 Å². The van der Waals surface area contributed by atoms with Crippen molar-refractivity contribution in [3.05, 3.63) is 11.6 Å². The Labute approximate surface area is 150 Å². The molecule has 6 atom stereocenters. The number of carbonyl (C=O) groups excluding carboxylic acids is 2. The lowest BCUT2D eigenvalue weighted by molar-refractivity contribution is -0.167. The Morgan fingerprint density at radius 3 is 2.72 bits per heavy atom. The van der Waals surface area contributed by atoms with E-state index in [1.807, 2.05) is 6.08 Å². The second-order valence-electron chi connectivity index (χ2n) is 8.86. The Balaban J connectivity index is 1.64. The van der Waals surface area contributed by atoms with Gasteiger partial charge in [-0.25, -0.2) is 0 Å². The van der Waals surface area contributed by atoms with Crippen LogP contribution in [0.4, 0.5) is 0 Å². The first kappa shape index (κ1) is 16.9. The van der Waals surface area contributed by atoms with E-state index in [0.717, 1.165) is 44.9 Å². The molecular weight excluding hydrogens is 312 g/mol. The topological polar surface area (TPSA) is 43.4 Å². The third-order valence-corrected chi connectivity index (χ3v) is 7.97. The summed E-state index contributed by atoms with van der Waals surface area (Å²) in [6.45, 7) is 3.73. The van der Waals surface area contributed by atoms with E-state index in [1.165, 1.54) is 12.5 Å². The van der Waals surface area contributed by atoms with Crippen molar-refractivity contribution < 1.29 is 14.3 Å². The van der Waals surface area contributed by atoms with Crippen LogP contribution in [0.1, 0.15) is 65.2 Å². The van der Waals surface area contributed by atoms with Gasteiger partial charge < -0.3 is 4.74 Å². The molecule has 4 unspecified atom stereocenters. The molecule has 0 aromatic heterocycles. The van der Waals surface area contributed by atoms with Crippen molar-refractivity contribution >= 4 is 11.8 Å². The lowest BCUT2D eigenvalue weighted by Gasteiger charge is -2.55. The van der Waals surface area contributed by atoms with Gasteiger partial charge in [0.2, 0.25) is 0 Å². The van der Waals surface area contributed by atoms with E-state index in [1.54, 1.807) is 0 Å². The zero-order valence-corrected chi connectivity index (χ0v) is 15.3. The monoisotopic (exact) mass is 340 g/mol. The summed E-state index contributed by atoms with van der Waals surface area (Å²) in [6, 6.07) is 0. The van der Waals surface area contributed by atoms with Gasteiger partial charge in [0.05, 0.1) is 0 Å². The van der Waals surface area contributed by atoms with Crippen LogP contribution in [0.3, 0.4) is 0 Å². The first-order valence-corrected chi connectivity index (χ1v) is 9.81. The first-order valence-electron chi connectivity index (χ1n) is 9.81. The minimum absolute atomic E-state index is 0.111. The van der Waals surface area contributed by atoms with Crippen molar-refractivity contribution in [2.24, 2.45) is 29.1 Å². The van der Waals surface area contributed by atoms with Gasteiger partial charge in [-0.2, -0.15) is 0 Å². The van der Waals surface area contributed by atoms with Crippen LogP contribution in [0.5, 0.6) is 0 Å². The number of rotatable bonds is 1. The largest absolute Gasteiger partial charge is 0.445 e. The van der Waals surface area contributed by atoms with Crippen LogP contribution in [-0.4, -0.2) is 17.4 Å². The Morgan fingerprint density at radius 1 is 1.20 bits per heavy atom. The number of ketones is 1. The Bertz CT molecular complexity index is 684. The van der Waals surface area contributed by atoms with E-state index in [2.05, 4.69) is 12.8 Å². The van der Waals surface area contributed by atoms with Crippen LogP contribution >= 0.6 is 0 Å². The van der Waals surface area contributed by atoms with Gasteiger partial charge in [-0.3, -0.25) is 9.59 Å². The van der Waals surface area contributed by atoms with Gasteiger partial charge in [0, 0.05) is 18.8 Å². The lowest BCUT2D eigenvalue weighted by atomic mass is 9.50. The third-order valence-electron chi connectivity index (χ3n) is 7.97. The number of hydrogen-bond acceptors (Lipinski definition) is 3. The number of terminal acetylenes is 1. The van der Waals surface area contributed by atoms with Crippen molar-refractivity contribution in [2.75, 3.05) is 0 Å². The van der Waals surface area contributed by atoms with E-state index in [4.69, 9.17) is 11.2 Å². The molecule has 0 aromatic rings. The summed E-state index contributed by atoms with van der Waals surface area (Å²) in [6.07, 6.45) is 15.8. The maximum atomic E-state index is 11.8. The third kappa shape index (κ3) is 2.33. The minimum Gasteiger partial charge on any atom is -0.445 e. The van der Waals surface area contributed by atoms with Gasteiger partial charge in [-0.05, 0) is 74.7 Å². The maximum absolute atomic E-state index is 11.8. The average Bonchev–Trinajstić information content (AvgIpc) is 2.87. The van der Waals surface area contributed by atoms with E-state index in [9.17, 15) is 9.59 Å². The maximum Gasteiger partial charge on any atom is 0.304 e. The molecule has 3 saturated carbocycles. The Kier molecular flexibility index (Phi) is 3.87. The summed E-state index contributed by atoms with van der Waals surface area (Å²) in [5, 5.41) is 0. The van der Waals surface area contributed by atoms with Crippen molar-refractivity contribution in [3.63, 3.8) is 0 Å². The lowest BCUT2D eigenvalue weighted by Crippen LogP contribution is -2.53. The summed E-state index contributed by atoms with van der Waals surface area (Å²) >= 11 is 0. The SMILES string of the molecule is C#C[C@]1(OC(C)=O)CCC2C3CCC4=CC(=O)CC[C@@H]4C3CCC21C. The highest BCUT2D eigenvalue weighted by atomic mass is 16.6. The normalized spacial score (nSPS) is 45.5. The van der Waals surface area contributed by atoms with Gasteiger partial charge in [-0.15, -0.1) is 6.42 Å². The molecule has 3 nitrogen and oxygen atoms in total. The van der Waals surface area contributed by atoms with Crippen LogP contribution < -0.4 is 0 Å². The van der Waals surface area contributed by atoms with Crippen molar-refractivity contribution in [2.45, 2.75) is 70.8 Å². The highest BCUT2D eigenvalue weighted by Gasteiger charge is 2.64. The number of allylic oxidation sites excluding steroid dienone is 1. The predicted octanol–water partition coefficient (Wildman–Crippen LogP) is 4.06. The zero-order chi connectivity index (χ0) is 17.8. The van der Waals surface area contributed by atoms with Crippen LogP contribution in [-0.2, 0) is 14.3 Å². The van der Waals surface area contributed by atoms with Gasteiger partial charge in [0.1, 0.15) is 0 Å². The molecule has 0 bridgehead atoms. The van der Waals surface area contributed by atoms with Gasteiger partial charge in [0.15, 0.2) is 11.4 Å². The number of carbonyl (C=O) groups is 2. The molecule has 0 radical (unpaired) electrons. The average molecular weight is 340 g/mol. The molecule has 3 fully saturated rings. The van der Waals surface area contributed by atoms with Crippen molar-refractivity contribution in [3.8, 4) is 12.3 Å². The smallest absolute Gasteiger partial charge is 0.304 e. The molecule has 4 aliphatic carbocycles. The van der Waals surface area contributed by atoms with E-state index in [-0.39, 0.29) is 11.4 Å². The molecule has 4 aliphatic rings.